The zero-order chi connectivity index (χ0) is 28.9. The molecule has 0 aliphatic rings. The Balaban J connectivity index is 4.81. The van der Waals surface area contributed by atoms with Crippen LogP contribution in [0.25, 0.3) is 10.4 Å². The monoisotopic (exact) mass is 546 g/mol. The molecule has 0 aromatic heterocycles. The molecule has 0 aromatic rings. The number of hydrogen-bond acceptors (Lipinski definition) is 9. The molecule has 0 rings (SSSR count). The number of nitrogens with one attached hydrogen (secondary N) is 3. The number of hydrogen-bond donors (Lipinski definition) is 5. The smallest absolute Gasteiger partial charge is 0.226 e. The fourth-order valence-corrected chi connectivity index (χ4v) is 2.99. The van der Waals surface area contributed by atoms with Crippen molar-refractivity contribution in [2.24, 2.45) is 10.5 Å². The van der Waals surface area contributed by atoms with E-state index in [-0.39, 0.29) is 83.3 Å². The van der Waals surface area contributed by atoms with Crippen molar-refractivity contribution in [1.82, 2.24) is 16.0 Å². The molecule has 0 unspecified atom stereocenters. The summed E-state index contributed by atoms with van der Waals surface area (Å²) in [7, 11) is 0. The van der Waals surface area contributed by atoms with Gasteiger partial charge in [0.05, 0.1) is 51.3 Å². The molecule has 38 heavy (non-hydrogen) atoms. The van der Waals surface area contributed by atoms with E-state index >= 15 is 0 Å². The molecule has 3 amide bonds. The molecule has 0 aliphatic carbocycles. The average molecular weight is 547 g/mol. The molecule has 0 saturated heterocycles. The highest BCUT2D eigenvalue weighted by atomic mass is 16.5. The number of aliphatic hydroxyl groups is 2. The zero-order valence-corrected chi connectivity index (χ0v) is 23.2. The van der Waals surface area contributed by atoms with Gasteiger partial charge in [-0.25, -0.2) is 0 Å². The molecule has 14 heteroatoms. The van der Waals surface area contributed by atoms with Crippen LogP contribution in [0, 0.1) is 5.41 Å². The van der Waals surface area contributed by atoms with E-state index in [4.69, 9.17) is 30.0 Å². The van der Waals surface area contributed by atoms with Crippen molar-refractivity contribution >= 4 is 17.7 Å². The summed E-state index contributed by atoms with van der Waals surface area (Å²) in [5.74, 6) is -0.743. The van der Waals surface area contributed by atoms with Crippen LogP contribution < -0.4 is 16.0 Å². The van der Waals surface area contributed by atoms with Crippen molar-refractivity contribution in [2.75, 3.05) is 65.9 Å². The number of amides is 3. The second kappa shape index (κ2) is 20.5. The molecule has 0 heterocycles. The fraction of sp³-hybridized carbons (Fsp3) is 0.875. The quantitative estimate of drug-likeness (QED) is 0.0524. The predicted molar refractivity (Wildman–Crippen MR) is 140 cm³/mol. The highest BCUT2D eigenvalue weighted by Gasteiger charge is 2.30. The van der Waals surface area contributed by atoms with Gasteiger partial charge in [0.1, 0.15) is 0 Å². The normalized spacial score (nSPS) is 11.7. The first kappa shape index (κ1) is 35.5. The molecule has 5 N–H and O–H groups in total. The molecule has 0 aromatic carbocycles. The van der Waals surface area contributed by atoms with Crippen LogP contribution in [0.1, 0.15) is 53.4 Å². The Hall–Kier alpha value is -2.48. The highest BCUT2D eigenvalue weighted by Crippen LogP contribution is 2.23. The lowest BCUT2D eigenvalue weighted by Gasteiger charge is -2.30. The summed E-state index contributed by atoms with van der Waals surface area (Å²) in [6.45, 7) is 8.50. The van der Waals surface area contributed by atoms with Crippen molar-refractivity contribution in [2.45, 2.75) is 65.0 Å². The number of aliphatic hydroxyl groups excluding tert-OH is 2. The highest BCUT2D eigenvalue weighted by molar-refractivity contribution is 5.82. The largest absolute Gasteiger partial charge is 0.395 e. The van der Waals surface area contributed by atoms with E-state index in [2.05, 4.69) is 26.0 Å². The molecule has 0 fully saturated rings. The second-order valence-electron chi connectivity index (χ2n) is 9.91. The third-order valence-electron chi connectivity index (χ3n) is 5.50. The van der Waals surface area contributed by atoms with Gasteiger partial charge in [0.25, 0.3) is 0 Å². The summed E-state index contributed by atoms with van der Waals surface area (Å²) < 4.78 is 17.1. The van der Waals surface area contributed by atoms with E-state index in [1.807, 2.05) is 13.8 Å². The van der Waals surface area contributed by atoms with Crippen LogP contribution in [0.3, 0.4) is 0 Å². The first-order chi connectivity index (χ1) is 18.0. The number of carbonyl (C=O) groups excluding carboxylic acids is 3. The van der Waals surface area contributed by atoms with Crippen molar-refractivity contribution < 1.29 is 38.8 Å². The maximum Gasteiger partial charge on any atom is 0.226 e. The summed E-state index contributed by atoms with van der Waals surface area (Å²) in [5.41, 5.74) is 7.16. The Labute approximate surface area is 224 Å². The molecular weight excluding hydrogens is 500 g/mol. The minimum absolute atomic E-state index is 0.0920. The third-order valence-corrected chi connectivity index (χ3v) is 5.50. The van der Waals surface area contributed by atoms with Gasteiger partial charge in [-0.2, -0.15) is 0 Å². The van der Waals surface area contributed by atoms with Crippen molar-refractivity contribution in [3.63, 3.8) is 0 Å². The minimum Gasteiger partial charge on any atom is -0.395 e. The first-order valence-corrected chi connectivity index (χ1v) is 12.8. The van der Waals surface area contributed by atoms with Gasteiger partial charge in [-0.05, 0) is 32.2 Å². The molecule has 14 nitrogen and oxygen atoms in total. The van der Waals surface area contributed by atoms with E-state index in [1.54, 1.807) is 13.8 Å². The van der Waals surface area contributed by atoms with Gasteiger partial charge < -0.3 is 40.4 Å². The van der Waals surface area contributed by atoms with Gasteiger partial charge in [0.15, 0.2) is 0 Å². The van der Waals surface area contributed by atoms with Crippen LogP contribution in [-0.2, 0) is 28.6 Å². The number of ether oxygens (including phenoxy) is 3. The molecule has 220 valence electrons. The van der Waals surface area contributed by atoms with E-state index in [1.165, 1.54) is 0 Å². The summed E-state index contributed by atoms with van der Waals surface area (Å²) in [6.07, 6.45) is 1.19. The van der Waals surface area contributed by atoms with Crippen molar-refractivity contribution in [3.05, 3.63) is 10.4 Å². The van der Waals surface area contributed by atoms with Gasteiger partial charge in [0.2, 0.25) is 17.7 Å². The van der Waals surface area contributed by atoms with Gasteiger partial charge >= 0.3 is 0 Å². The van der Waals surface area contributed by atoms with Crippen LogP contribution in [0.4, 0.5) is 0 Å². The third kappa shape index (κ3) is 18.7. The molecule has 0 spiro atoms. The summed E-state index contributed by atoms with van der Waals surface area (Å²) in [6, 6.07) is -0.524. The second-order valence-corrected chi connectivity index (χ2v) is 9.91. The summed E-state index contributed by atoms with van der Waals surface area (Å²) in [5, 5.41) is 29.1. The Morgan fingerprint density at radius 1 is 0.895 bits per heavy atom. The summed E-state index contributed by atoms with van der Waals surface area (Å²) >= 11 is 0. The van der Waals surface area contributed by atoms with Gasteiger partial charge in [-0.1, -0.05) is 19.0 Å². The molecule has 0 atom stereocenters. The van der Waals surface area contributed by atoms with Crippen LogP contribution in [0.5, 0.6) is 0 Å². The Bertz CT molecular complexity index is 715. The van der Waals surface area contributed by atoms with Crippen LogP contribution in [-0.4, -0.2) is 105 Å². The topological polar surface area (TPSA) is 204 Å². The minimum atomic E-state index is -0.770. The Morgan fingerprint density at radius 3 is 1.89 bits per heavy atom. The number of nitrogens with zero attached hydrogens (tertiary/aromatic N) is 3. The molecule has 0 aliphatic heterocycles. The molecule has 0 saturated carbocycles. The molecular formula is C24H46N6O8. The van der Waals surface area contributed by atoms with Crippen LogP contribution >= 0.6 is 0 Å². The lowest BCUT2D eigenvalue weighted by molar-refractivity contribution is -0.133. The average Bonchev–Trinajstić information content (AvgIpc) is 2.85. The maximum absolute atomic E-state index is 13.1. The molecule has 0 bridgehead atoms. The molecule has 0 radical (unpaired) electrons. The van der Waals surface area contributed by atoms with Crippen molar-refractivity contribution in [3.8, 4) is 0 Å². The lowest BCUT2D eigenvalue weighted by Crippen LogP contribution is -2.47. The SMILES string of the molecule is CC(C)(CCN=[N+]=[N-])OCCC(C)(C)C(=O)NC(COCCC(=O)NCCO)COCCC(=O)NCCO. The summed E-state index contributed by atoms with van der Waals surface area (Å²) in [4.78, 5) is 39.1. The fourth-order valence-electron chi connectivity index (χ4n) is 2.99. The van der Waals surface area contributed by atoms with Crippen molar-refractivity contribution in [1.29, 1.82) is 0 Å². The van der Waals surface area contributed by atoms with Crippen LogP contribution in [0.2, 0.25) is 0 Å². The number of carbonyl (C=O) groups is 3. The number of rotatable bonds is 23. The Kier molecular flexibility index (Phi) is 19.1. The predicted octanol–water partition coefficient (Wildman–Crippen LogP) is 0.414. The zero-order valence-electron chi connectivity index (χ0n) is 23.2. The van der Waals surface area contributed by atoms with E-state index in [0.29, 0.717) is 26.0 Å². The first-order valence-electron chi connectivity index (χ1n) is 12.8. The van der Waals surface area contributed by atoms with Gasteiger partial charge in [0, 0.05) is 49.4 Å². The standard InChI is InChI=1S/C24H46N6O8/c1-23(2,8-16-38-24(3,4)7-9-28-30-25)22(35)29-19(17-36-14-5-20(33)26-10-12-31)18-37-15-6-21(34)27-11-13-32/h19,31-32H,5-18H2,1-4H3,(H,26,33)(H,27,34)(H,29,35). The van der Waals surface area contributed by atoms with E-state index in [9.17, 15) is 14.4 Å². The van der Waals surface area contributed by atoms with E-state index < -0.39 is 17.1 Å². The number of azide groups is 1. The maximum atomic E-state index is 13.1. The van der Waals surface area contributed by atoms with E-state index in [0.717, 1.165) is 0 Å². The lowest BCUT2D eigenvalue weighted by atomic mass is 9.88. The van der Waals surface area contributed by atoms with Gasteiger partial charge in [-0.15, -0.1) is 0 Å². The van der Waals surface area contributed by atoms with Gasteiger partial charge in [-0.3, -0.25) is 14.4 Å². The van der Waals surface area contributed by atoms with Crippen LogP contribution in [0.15, 0.2) is 5.11 Å². The Morgan fingerprint density at radius 2 is 1.42 bits per heavy atom.